The highest BCUT2D eigenvalue weighted by atomic mass is 19.1. The van der Waals surface area contributed by atoms with Gasteiger partial charge in [-0.2, -0.15) is 0 Å². The van der Waals surface area contributed by atoms with Gasteiger partial charge in [0.1, 0.15) is 5.82 Å². The Balaban J connectivity index is 1.49. The molecule has 1 fully saturated rings. The minimum absolute atomic E-state index is 0.0500. The van der Waals surface area contributed by atoms with Crippen molar-refractivity contribution in [3.05, 3.63) is 95.3 Å². The summed E-state index contributed by atoms with van der Waals surface area (Å²) < 4.78 is 13.7. The number of carbonyl (C=O) groups is 2. The van der Waals surface area contributed by atoms with Crippen molar-refractivity contribution in [2.45, 2.75) is 19.3 Å². The zero-order valence-electron chi connectivity index (χ0n) is 18.1. The molecule has 2 amide bonds. The van der Waals surface area contributed by atoms with E-state index >= 15 is 0 Å². The van der Waals surface area contributed by atoms with Gasteiger partial charge in [-0.3, -0.25) is 9.59 Å². The van der Waals surface area contributed by atoms with E-state index in [9.17, 15) is 14.0 Å². The summed E-state index contributed by atoms with van der Waals surface area (Å²) in [6, 6.07) is 21.1. The first kappa shape index (κ1) is 20.9. The van der Waals surface area contributed by atoms with Gasteiger partial charge in [0.2, 0.25) is 0 Å². The lowest BCUT2D eigenvalue weighted by Crippen LogP contribution is -2.35. The highest BCUT2D eigenvalue weighted by Gasteiger charge is 2.29. The molecule has 6 heteroatoms. The van der Waals surface area contributed by atoms with E-state index in [0.717, 1.165) is 37.2 Å². The SMILES string of the molecule is O=C1Nc2cc(F)ccc2C1=C(Nc1ccc(C(=O)N2CCCCC2)cc1)c1ccccc1. The molecule has 2 heterocycles. The van der Waals surface area contributed by atoms with Gasteiger partial charge in [0.05, 0.1) is 17.0 Å². The summed E-state index contributed by atoms with van der Waals surface area (Å²) in [7, 11) is 0. The third-order valence-corrected chi connectivity index (χ3v) is 6.08. The van der Waals surface area contributed by atoms with Crippen molar-refractivity contribution in [2.75, 3.05) is 23.7 Å². The molecule has 0 saturated carbocycles. The van der Waals surface area contributed by atoms with Crippen molar-refractivity contribution in [1.82, 2.24) is 4.90 Å². The van der Waals surface area contributed by atoms with Crippen molar-refractivity contribution in [1.29, 1.82) is 0 Å². The first-order valence-corrected chi connectivity index (χ1v) is 11.2. The fourth-order valence-electron chi connectivity index (χ4n) is 4.40. The van der Waals surface area contributed by atoms with Gasteiger partial charge in [0, 0.05) is 29.9 Å². The highest BCUT2D eigenvalue weighted by Crippen LogP contribution is 2.37. The summed E-state index contributed by atoms with van der Waals surface area (Å²) in [6.07, 6.45) is 3.27. The van der Waals surface area contributed by atoms with E-state index in [1.165, 1.54) is 18.6 Å². The number of halogens is 1. The molecule has 0 aliphatic carbocycles. The molecule has 0 atom stereocenters. The fraction of sp³-hybridized carbons (Fsp3) is 0.185. The van der Waals surface area contributed by atoms with Crippen LogP contribution in [0.5, 0.6) is 0 Å². The molecule has 0 unspecified atom stereocenters. The van der Waals surface area contributed by atoms with Gasteiger partial charge in [-0.05, 0) is 67.3 Å². The van der Waals surface area contributed by atoms with E-state index in [-0.39, 0.29) is 11.8 Å². The number of likely N-dealkylation sites (tertiary alicyclic amines) is 1. The first-order valence-electron chi connectivity index (χ1n) is 11.2. The Morgan fingerprint density at radius 1 is 0.879 bits per heavy atom. The molecule has 5 nitrogen and oxygen atoms in total. The predicted octanol–water partition coefficient (Wildman–Crippen LogP) is 5.38. The monoisotopic (exact) mass is 441 g/mol. The standard InChI is InChI=1S/C27H24FN3O2/c28-20-11-14-22-23(17-20)30-26(32)24(22)25(18-7-3-1-4-8-18)29-21-12-9-19(10-13-21)27(33)31-15-5-2-6-16-31/h1,3-4,7-14,17,29H,2,5-6,15-16H2,(H,30,32). The van der Waals surface area contributed by atoms with Gasteiger partial charge in [0.15, 0.2) is 0 Å². The number of hydrogen-bond donors (Lipinski definition) is 2. The molecule has 5 rings (SSSR count). The number of nitrogens with zero attached hydrogens (tertiary/aromatic N) is 1. The highest BCUT2D eigenvalue weighted by molar-refractivity contribution is 6.37. The fourth-order valence-corrected chi connectivity index (χ4v) is 4.40. The Bertz CT molecular complexity index is 1230. The second-order valence-electron chi connectivity index (χ2n) is 8.32. The number of benzene rings is 3. The summed E-state index contributed by atoms with van der Waals surface area (Å²) in [5.74, 6) is -0.647. The van der Waals surface area contributed by atoms with Gasteiger partial charge in [-0.15, -0.1) is 0 Å². The quantitative estimate of drug-likeness (QED) is 0.534. The molecule has 2 N–H and O–H groups in total. The first-order chi connectivity index (χ1) is 16.1. The Labute approximate surface area is 191 Å². The second kappa shape index (κ2) is 8.90. The van der Waals surface area contributed by atoms with Crippen molar-refractivity contribution in [3.63, 3.8) is 0 Å². The van der Waals surface area contributed by atoms with E-state index in [4.69, 9.17) is 0 Å². The van der Waals surface area contributed by atoms with Crippen LogP contribution in [-0.4, -0.2) is 29.8 Å². The lowest BCUT2D eigenvalue weighted by Gasteiger charge is -2.26. The van der Waals surface area contributed by atoms with Crippen LogP contribution in [0.3, 0.4) is 0 Å². The topological polar surface area (TPSA) is 61.4 Å². The molecule has 1 saturated heterocycles. The summed E-state index contributed by atoms with van der Waals surface area (Å²) >= 11 is 0. The van der Waals surface area contributed by atoms with E-state index in [0.29, 0.717) is 28.1 Å². The Kier molecular flexibility index (Phi) is 5.65. The maximum atomic E-state index is 13.7. The molecule has 0 bridgehead atoms. The van der Waals surface area contributed by atoms with Crippen LogP contribution in [0.15, 0.2) is 72.8 Å². The zero-order chi connectivity index (χ0) is 22.8. The molecule has 0 aromatic heterocycles. The largest absolute Gasteiger partial charge is 0.354 e. The Morgan fingerprint density at radius 2 is 1.61 bits per heavy atom. The molecule has 2 aliphatic heterocycles. The number of fused-ring (bicyclic) bond motifs is 1. The summed E-state index contributed by atoms with van der Waals surface area (Å²) in [4.78, 5) is 27.6. The van der Waals surface area contributed by atoms with Crippen LogP contribution in [0.4, 0.5) is 15.8 Å². The average molecular weight is 442 g/mol. The van der Waals surface area contributed by atoms with Gasteiger partial charge >= 0.3 is 0 Å². The molecule has 0 radical (unpaired) electrons. The van der Waals surface area contributed by atoms with Crippen molar-refractivity contribution in [2.24, 2.45) is 0 Å². The molecule has 3 aromatic carbocycles. The zero-order valence-corrected chi connectivity index (χ0v) is 18.1. The normalized spacial score (nSPS) is 16.8. The van der Waals surface area contributed by atoms with Crippen molar-refractivity contribution in [3.8, 4) is 0 Å². The van der Waals surface area contributed by atoms with Crippen LogP contribution in [0.1, 0.15) is 40.7 Å². The van der Waals surface area contributed by atoms with Crippen LogP contribution in [0.2, 0.25) is 0 Å². The molecule has 33 heavy (non-hydrogen) atoms. The summed E-state index contributed by atoms with van der Waals surface area (Å²) in [6.45, 7) is 1.61. The number of amides is 2. The van der Waals surface area contributed by atoms with Crippen LogP contribution < -0.4 is 10.6 Å². The Hall–Kier alpha value is -3.93. The molecule has 166 valence electrons. The number of nitrogens with one attached hydrogen (secondary N) is 2. The third-order valence-electron chi connectivity index (χ3n) is 6.08. The summed E-state index contributed by atoms with van der Waals surface area (Å²) in [5, 5.41) is 6.13. The molecule has 3 aromatic rings. The van der Waals surface area contributed by atoms with Crippen LogP contribution >= 0.6 is 0 Å². The molecular formula is C27H24FN3O2. The number of anilines is 2. The van der Waals surface area contributed by atoms with Crippen LogP contribution in [0.25, 0.3) is 11.3 Å². The number of carbonyl (C=O) groups excluding carboxylic acids is 2. The van der Waals surface area contributed by atoms with Crippen molar-refractivity contribution < 1.29 is 14.0 Å². The molecule has 2 aliphatic rings. The van der Waals surface area contributed by atoms with E-state index in [1.54, 1.807) is 6.07 Å². The lowest BCUT2D eigenvalue weighted by atomic mass is 10.00. The maximum Gasteiger partial charge on any atom is 0.258 e. The van der Waals surface area contributed by atoms with Gasteiger partial charge in [-0.25, -0.2) is 4.39 Å². The van der Waals surface area contributed by atoms with Gasteiger partial charge < -0.3 is 15.5 Å². The Morgan fingerprint density at radius 3 is 2.33 bits per heavy atom. The smallest absolute Gasteiger partial charge is 0.258 e. The van der Waals surface area contributed by atoms with Crippen molar-refractivity contribution >= 4 is 34.5 Å². The molecule has 0 spiro atoms. The minimum Gasteiger partial charge on any atom is -0.354 e. The number of hydrogen-bond acceptors (Lipinski definition) is 3. The molecular weight excluding hydrogens is 417 g/mol. The predicted molar refractivity (Wildman–Crippen MR) is 128 cm³/mol. The van der Waals surface area contributed by atoms with Gasteiger partial charge in [0.25, 0.3) is 11.8 Å². The third kappa shape index (κ3) is 4.24. The maximum absolute atomic E-state index is 13.7. The van der Waals surface area contributed by atoms with E-state index in [2.05, 4.69) is 10.6 Å². The number of rotatable bonds is 4. The number of piperidine rings is 1. The lowest BCUT2D eigenvalue weighted by molar-refractivity contribution is -0.110. The van der Waals surface area contributed by atoms with Gasteiger partial charge in [-0.1, -0.05) is 30.3 Å². The average Bonchev–Trinajstić information content (AvgIpc) is 3.18. The minimum atomic E-state index is -0.404. The van der Waals surface area contributed by atoms with E-state index < -0.39 is 5.82 Å². The van der Waals surface area contributed by atoms with Crippen LogP contribution in [-0.2, 0) is 4.79 Å². The second-order valence-corrected chi connectivity index (χ2v) is 8.32. The summed E-state index contributed by atoms with van der Waals surface area (Å²) in [5.41, 5.74) is 4.39. The van der Waals surface area contributed by atoms with Crippen LogP contribution in [0, 0.1) is 5.82 Å². The van der Waals surface area contributed by atoms with E-state index in [1.807, 2.05) is 59.5 Å².